The zero-order chi connectivity index (χ0) is 12.7. The molecule has 4 heteroatoms. The summed E-state index contributed by atoms with van der Waals surface area (Å²) in [6.45, 7) is 7.57. The van der Waals surface area contributed by atoms with Crippen molar-refractivity contribution in [1.82, 2.24) is 0 Å². The van der Waals surface area contributed by atoms with Crippen molar-refractivity contribution >= 4 is 11.6 Å². The lowest BCUT2D eigenvalue weighted by Gasteiger charge is -2.17. The van der Waals surface area contributed by atoms with E-state index in [2.05, 4.69) is 0 Å². The highest BCUT2D eigenvalue weighted by atomic mass is 35.5. The zero-order valence-electron chi connectivity index (χ0n) is 10.6. The molecule has 0 amide bonds. The molecule has 0 spiro atoms. The van der Waals surface area contributed by atoms with Crippen molar-refractivity contribution < 1.29 is 14.2 Å². The molecule has 0 N–H and O–H groups in total. The van der Waals surface area contributed by atoms with Crippen LogP contribution in [0.25, 0.3) is 0 Å². The van der Waals surface area contributed by atoms with Gasteiger partial charge in [-0.05, 0) is 32.9 Å². The number of halogens is 1. The number of hydrogen-bond donors (Lipinski definition) is 0. The highest BCUT2D eigenvalue weighted by Gasteiger charge is 2.15. The van der Waals surface area contributed by atoms with Gasteiger partial charge >= 0.3 is 0 Å². The minimum atomic E-state index is 0.339. The first kappa shape index (κ1) is 14.0. The molecular weight excluding hydrogens is 240 g/mol. The Hall–Kier alpha value is -1.09. The fourth-order valence-electron chi connectivity index (χ4n) is 1.58. The highest BCUT2D eigenvalue weighted by molar-refractivity contribution is 6.17. The highest BCUT2D eigenvalue weighted by Crippen LogP contribution is 2.38. The van der Waals surface area contributed by atoms with E-state index in [1.165, 1.54) is 0 Å². The van der Waals surface area contributed by atoms with E-state index in [1.54, 1.807) is 0 Å². The van der Waals surface area contributed by atoms with E-state index < -0.39 is 0 Å². The Bertz CT molecular complexity index is 353. The first-order chi connectivity index (χ1) is 8.28. The first-order valence-electron chi connectivity index (χ1n) is 5.88. The van der Waals surface area contributed by atoms with E-state index >= 15 is 0 Å². The molecule has 17 heavy (non-hydrogen) atoms. The second-order valence-corrected chi connectivity index (χ2v) is 3.57. The molecule has 0 saturated heterocycles. The molecule has 0 unspecified atom stereocenters. The summed E-state index contributed by atoms with van der Waals surface area (Å²) in [5, 5.41) is 0. The summed E-state index contributed by atoms with van der Waals surface area (Å²) in [5.74, 6) is 2.50. The molecule has 0 saturated carbocycles. The normalized spacial score (nSPS) is 10.1. The number of ether oxygens (including phenoxy) is 3. The van der Waals surface area contributed by atoms with Crippen molar-refractivity contribution in [3.63, 3.8) is 0 Å². The molecule has 0 fully saturated rings. The van der Waals surface area contributed by atoms with Crippen LogP contribution in [-0.2, 0) is 5.88 Å². The average molecular weight is 259 g/mol. The van der Waals surface area contributed by atoms with Crippen molar-refractivity contribution in [2.75, 3.05) is 19.8 Å². The summed E-state index contributed by atoms with van der Waals surface area (Å²) in [5.41, 5.74) is 0.848. The monoisotopic (exact) mass is 258 g/mol. The van der Waals surface area contributed by atoms with E-state index in [9.17, 15) is 0 Å². The van der Waals surface area contributed by atoms with Crippen molar-refractivity contribution in [2.24, 2.45) is 0 Å². The Balaban J connectivity index is 3.17. The van der Waals surface area contributed by atoms with Gasteiger partial charge in [0.25, 0.3) is 0 Å². The number of rotatable bonds is 7. The SMILES string of the molecule is CCOc1ccc(OCC)c(OCC)c1CCl. The fraction of sp³-hybridized carbons (Fsp3) is 0.538. The van der Waals surface area contributed by atoms with Crippen LogP contribution in [0, 0.1) is 0 Å². The second kappa shape index (κ2) is 7.28. The van der Waals surface area contributed by atoms with Gasteiger partial charge in [-0.2, -0.15) is 0 Å². The van der Waals surface area contributed by atoms with Gasteiger partial charge in [-0.3, -0.25) is 0 Å². The predicted molar refractivity (Wildman–Crippen MR) is 69.5 cm³/mol. The van der Waals surface area contributed by atoms with Crippen LogP contribution in [0.1, 0.15) is 26.3 Å². The van der Waals surface area contributed by atoms with Crippen LogP contribution in [0.2, 0.25) is 0 Å². The largest absolute Gasteiger partial charge is 0.493 e. The van der Waals surface area contributed by atoms with Crippen LogP contribution in [0.3, 0.4) is 0 Å². The summed E-state index contributed by atoms with van der Waals surface area (Å²) in [6, 6.07) is 3.73. The molecule has 1 aromatic rings. The lowest BCUT2D eigenvalue weighted by molar-refractivity contribution is 0.280. The molecule has 0 aliphatic carbocycles. The Morgan fingerprint density at radius 3 is 1.94 bits per heavy atom. The maximum Gasteiger partial charge on any atom is 0.169 e. The van der Waals surface area contributed by atoms with Crippen molar-refractivity contribution in [3.8, 4) is 17.2 Å². The first-order valence-corrected chi connectivity index (χ1v) is 6.42. The van der Waals surface area contributed by atoms with Crippen LogP contribution in [-0.4, -0.2) is 19.8 Å². The molecule has 0 atom stereocenters. The van der Waals surface area contributed by atoms with Crippen LogP contribution in [0.15, 0.2) is 12.1 Å². The molecule has 3 nitrogen and oxygen atoms in total. The van der Waals surface area contributed by atoms with E-state index in [-0.39, 0.29) is 0 Å². The predicted octanol–water partition coefficient (Wildman–Crippen LogP) is 3.62. The van der Waals surface area contributed by atoms with Gasteiger partial charge in [0, 0.05) is 0 Å². The third kappa shape index (κ3) is 3.43. The average Bonchev–Trinajstić information content (AvgIpc) is 2.33. The van der Waals surface area contributed by atoms with Gasteiger partial charge in [-0.15, -0.1) is 11.6 Å². The zero-order valence-corrected chi connectivity index (χ0v) is 11.3. The maximum atomic E-state index is 5.97. The van der Waals surface area contributed by atoms with Crippen LogP contribution < -0.4 is 14.2 Å². The van der Waals surface area contributed by atoms with Gasteiger partial charge < -0.3 is 14.2 Å². The van der Waals surface area contributed by atoms with Crippen molar-refractivity contribution in [1.29, 1.82) is 0 Å². The third-order valence-corrected chi connectivity index (χ3v) is 2.47. The summed E-state index contributed by atoms with van der Waals surface area (Å²) in [6.07, 6.45) is 0. The minimum absolute atomic E-state index is 0.339. The molecule has 1 aromatic carbocycles. The van der Waals surface area contributed by atoms with Crippen molar-refractivity contribution in [2.45, 2.75) is 26.7 Å². The molecule has 0 aliphatic heterocycles. The molecular formula is C13H19ClO3. The Kier molecular flexibility index (Phi) is 5.98. The molecule has 0 aromatic heterocycles. The summed E-state index contributed by atoms with van der Waals surface area (Å²) >= 11 is 5.97. The summed E-state index contributed by atoms with van der Waals surface area (Å²) in [7, 11) is 0. The quantitative estimate of drug-likeness (QED) is 0.699. The Morgan fingerprint density at radius 1 is 0.882 bits per heavy atom. The summed E-state index contributed by atoms with van der Waals surface area (Å²) in [4.78, 5) is 0. The van der Waals surface area contributed by atoms with Gasteiger partial charge in [0.05, 0.1) is 31.3 Å². The van der Waals surface area contributed by atoms with Crippen LogP contribution >= 0.6 is 11.6 Å². The Morgan fingerprint density at radius 2 is 1.41 bits per heavy atom. The smallest absolute Gasteiger partial charge is 0.169 e. The van der Waals surface area contributed by atoms with Gasteiger partial charge in [0.1, 0.15) is 5.75 Å². The van der Waals surface area contributed by atoms with Crippen LogP contribution in [0.5, 0.6) is 17.2 Å². The number of benzene rings is 1. The van der Waals surface area contributed by atoms with Crippen molar-refractivity contribution in [3.05, 3.63) is 17.7 Å². The van der Waals surface area contributed by atoms with E-state index in [4.69, 9.17) is 25.8 Å². The van der Waals surface area contributed by atoms with Gasteiger partial charge in [0.2, 0.25) is 0 Å². The second-order valence-electron chi connectivity index (χ2n) is 3.30. The molecule has 0 aliphatic rings. The van der Waals surface area contributed by atoms with Gasteiger partial charge in [-0.1, -0.05) is 0 Å². The Labute approximate surface area is 108 Å². The maximum absolute atomic E-state index is 5.97. The molecule has 0 radical (unpaired) electrons. The van der Waals surface area contributed by atoms with Crippen LogP contribution in [0.4, 0.5) is 0 Å². The number of alkyl halides is 1. The van der Waals surface area contributed by atoms with Gasteiger partial charge in [0.15, 0.2) is 11.5 Å². The lowest BCUT2D eigenvalue weighted by Crippen LogP contribution is -2.03. The molecule has 0 heterocycles. The van der Waals surface area contributed by atoms with E-state index in [0.717, 1.165) is 11.3 Å². The number of hydrogen-bond acceptors (Lipinski definition) is 3. The molecule has 1 rings (SSSR count). The van der Waals surface area contributed by atoms with E-state index in [1.807, 2.05) is 32.9 Å². The molecule has 96 valence electrons. The third-order valence-electron chi connectivity index (χ3n) is 2.20. The fourth-order valence-corrected chi connectivity index (χ4v) is 1.83. The summed E-state index contributed by atoms with van der Waals surface area (Å²) < 4.78 is 16.7. The van der Waals surface area contributed by atoms with E-state index in [0.29, 0.717) is 37.2 Å². The minimum Gasteiger partial charge on any atom is -0.493 e. The topological polar surface area (TPSA) is 27.7 Å². The standard InChI is InChI=1S/C13H19ClO3/c1-4-15-11-7-8-12(16-5-2)13(17-6-3)10(11)9-14/h7-8H,4-6,9H2,1-3H3. The molecule has 0 bridgehead atoms. The van der Waals surface area contributed by atoms with Gasteiger partial charge in [-0.25, -0.2) is 0 Å². The lowest BCUT2D eigenvalue weighted by atomic mass is 10.2.